The number of nitrogens with zero attached hydrogens (tertiary/aromatic N) is 5. The van der Waals surface area contributed by atoms with Gasteiger partial charge >= 0.3 is 0 Å². The maximum Gasteiger partial charge on any atom is 0.292 e. The Labute approximate surface area is 176 Å². The van der Waals surface area contributed by atoms with Gasteiger partial charge in [-0.3, -0.25) is 9.69 Å². The molecule has 1 aliphatic heterocycles. The molecule has 3 heterocycles. The number of hydrogen-bond donors (Lipinski definition) is 1. The van der Waals surface area contributed by atoms with Crippen LogP contribution in [0.25, 0.3) is 5.69 Å². The fourth-order valence-electron chi connectivity index (χ4n) is 3.21. The van der Waals surface area contributed by atoms with Gasteiger partial charge in [-0.25, -0.2) is 4.98 Å². The summed E-state index contributed by atoms with van der Waals surface area (Å²) >= 11 is 18.5. The molecule has 0 saturated carbocycles. The van der Waals surface area contributed by atoms with E-state index in [1.165, 1.54) is 4.68 Å². The molecule has 1 fully saturated rings. The summed E-state index contributed by atoms with van der Waals surface area (Å²) in [4.78, 5) is 24.5. The number of hydrogen-bond acceptors (Lipinski definition) is 5. The van der Waals surface area contributed by atoms with E-state index in [1.807, 2.05) is 6.20 Å². The number of benzene rings is 1. The number of imidazole rings is 1. The van der Waals surface area contributed by atoms with E-state index < -0.39 is 5.56 Å². The first-order valence-electron chi connectivity index (χ1n) is 8.72. The second kappa shape index (κ2) is 8.13. The molecule has 0 bridgehead atoms. The molecule has 7 nitrogen and oxygen atoms in total. The van der Waals surface area contributed by atoms with Crippen molar-refractivity contribution in [2.45, 2.75) is 6.54 Å². The minimum absolute atomic E-state index is 0.125. The number of anilines is 1. The molecular formula is C18H17Cl3N6O. The second-order valence-electron chi connectivity index (χ2n) is 6.46. The first kappa shape index (κ1) is 19.3. The monoisotopic (exact) mass is 438 g/mol. The number of nitrogens with one attached hydrogen (secondary N) is 1. The second-order valence-corrected chi connectivity index (χ2v) is 7.68. The molecule has 146 valence electrons. The Morgan fingerprint density at radius 3 is 2.54 bits per heavy atom. The molecule has 4 rings (SSSR count). The molecular weight excluding hydrogens is 423 g/mol. The lowest BCUT2D eigenvalue weighted by atomic mass is 10.2. The summed E-state index contributed by atoms with van der Waals surface area (Å²) in [5.41, 5.74) is 0.653. The van der Waals surface area contributed by atoms with Gasteiger partial charge in [0.25, 0.3) is 5.56 Å². The summed E-state index contributed by atoms with van der Waals surface area (Å²) in [6.07, 6.45) is 5.18. The quantitative estimate of drug-likeness (QED) is 0.676. The SMILES string of the molecule is O=c1c(Cl)c(N2CCN(Cc3ncc[nH]3)CC2)cnn1-c1ccc(Cl)cc1Cl. The van der Waals surface area contributed by atoms with Crippen LogP contribution in [0, 0.1) is 0 Å². The highest BCUT2D eigenvalue weighted by Gasteiger charge is 2.22. The lowest BCUT2D eigenvalue weighted by Crippen LogP contribution is -2.46. The van der Waals surface area contributed by atoms with Crippen LogP contribution in [-0.4, -0.2) is 50.8 Å². The van der Waals surface area contributed by atoms with Crippen molar-refractivity contribution in [3.05, 3.63) is 68.0 Å². The van der Waals surface area contributed by atoms with Crippen LogP contribution in [0.5, 0.6) is 0 Å². The molecule has 0 unspecified atom stereocenters. The van der Waals surface area contributed by atoms with Crippen molar-refractivity contribution in [1.82, 2.24) is 24.6 Å². The fourth-order valence-corrected chi connectivity index (χ4v) is 3.95. The van der Waals surface area contributed by atoms with Crippen LogP contribution >= 0.6 is 34.8 Å². The van der Waals surface area contributed by atoms with E-state index in [9.17, 15) is 4.79 Å². The van der Waals surface area contributed by atoms with Gasteiger partial charge in [0.2, 0.25) is 0 Å². The van der Waals surface area contributed by atoms with Crippen molar-refractivity contribution in [2.24, 2.45) is 0 Å². The maximum absolute atomic E-state index is 12.8. The average Bonchev–Trinajstić information content (AvgIpc) is 3.18. The molecule has 1 aromatic carbocycles. The third-order valence-electron chi connectivity index (χ3n) is 4.68. The Balaban J connectivity index is 1.52. The lowest BCUT2D eigenvalue weighted by Gasteiger charge is -2.35. The Kier molecular flexibility index (Phi) is 5.59. The topological polar surface area (TPSA) is 70.1 Å². The van der Waals surface area contributed by atoms with Gasteiger partial charge in [0, 0.05) is 43.6 Å². The largest absolute Gasteiger partial charge is 0.366 e. The van der Waals surface area contributed by atoms with Gasteiger partial charge in [-0.05, 0) is 18.2 Å². The predicted octanol–water partition coefficient (Wildman–Crippen LogP) is 3.24. The molecule has 0 amide bonds. The van der Waals surface area contributed by atoms with Gasteiger partial charge in [0.05, 0.1) is 29.1 Å². The molecule has 0 radical (unpaired) electrons. The molecule has 3 aromatic rings. The van der Waals surface area contributed by atoms with E-state index in [2.05, 4.69) is 24.9 Å². The highest BCUT2D eigenvalue weighted by Crippen LogP contribution is 2.26. The average molecular weight is 440 g/mol. The Morgan fingerprint density at radius 1 is 1.07 bits per heavy atom. The molecule has 1 aliphatic rings. The zero-order valence-electron chi connectivity index (χ0n) is 14.8. The Bertz CT molecular complexity index is 1030. The van der Waals surface area contributed by atoms with Crippen molar-refractivity contribution in [3.63, 3.8) is 0 Å². The van der Waals surface area contributed by atoms with Crippen molar-refractivity contribution >= 4 is 40.5 Å². The minimum Gasteiger partial charge on any atom is -0.366 e. The standard InChI is InChI=1S/C18H17Cl3N6O/c19-12-1-2-14(13(20)9-12)27-18(28)17(21)15(10-24-27)26-7-5-25(6-8-26)11-16-22-3-4-23-16/h1-4,9-10H,5-8,11H2,(H,22,23). The third-order valence-corrected chi connectivity index (χ3v) is 5.57. The van der Waals surface area contributed by atoms with Gasteiger partial charge in [0.15, 0.2) is 0 Å². The summed E-state index contributed by atoms with van der Waals surface area (Å²) in [7, 11) is 0. The van der Waals surface area contributed by atoms with E-state index in [-0.39, 0.29) is 5.02 Å². The lowest BCUT2D eigenvalue weighted by molar-refractivity contribution is 0.244. The van der Waals surface area contributed by atoms with E-state index in [1.54, 1.807) is 30.6 Å². The summed E-state index contributed by atoms with van der Waals surface area (Å²) in [5, 5.41) is 5.22. The molecule has 1 saturated heterocycles. The van der Waals surface area contributed by atoms with Crippen LogP contribution in [0.1, 0.15) is 5.82 Å². The van der Waals surface area contributed by atoms with Crippen LogP contribution in [0.3, 0.4) is 0 Å². The molecule has 1 N–H and O–H groups in total. The molecule has 0 atom stereocenters. The van der Waals surface area contributed by atoms with Gasteiger partial charge in [-0.1, -0.05) is 34.8 Å². The predicted molar refractivity (Wildman–Crippen MR) is 111 cm³/mol. The number of aromatic nitrogens is 4. The number of piperazine rings is 1. The summed E-state index contributed by atoms with van der Waals surface area (Å²) in [5.74, 6) is 0.940. The fraction of sp³-hybridized carbons (Fsp3) is 0.278. The highest BCUT2D eigenvalue weighted by atomic mass is 35.5. The van der Waals surface area contributed by atoms with Crippen molar-refractivity contribution in [3.8, 4) is 5.69 Å². The number of H-pyrrole nitrogens is 1. The maximum atomic E-state index is 12.8. The normalized spacial score (nSPS) is 15.2. The number of rotatable bonds is 4. The van der Waals surface area contributed by atoms with Crippen LogP contribution in [-0.2, 0) is 6.54 Å². The molecule has 0 aliphatic carbocycles. The molecule has 28 heavy (non-hydrogen) atoms. The van der Waals surface area contributed by atoms with E-state index in [0.717, 1.165) is 38.5 Å². The van der Waals surface area contributed by atoms with Crippen molar-refractivity contribution < 1.29 is 0 Å². The van der Waals surface area contributed by atoms with Crippen LogP contribution in [0.4, 0.5) is 5.69 Å². The van der Waals surface area contributed by atoms with Crippen molar-refractivity contribution in [1.29, 1.82) is 0 Å². The van der Waals surface area contributed by atoms with Gasteiger partial charge in [-0.15, -0.1) is 0 Å². The summed E-state index contributed by atoms with van der Waals surface area (Å²) < 4.78 is 1.19. The van der Waals surface area contributed by atoms with Gasteiger partial charge < -0.3 is 9.88 Å². The van der Waals surface area contributed by atoms with Crippen LogP contribution < -0.4 is 10.5 Å². The van der Waals surface area contributed by atoms with E-state index in [4.69, 9.17) is 34.8 Å². The number of aromatic amines is 1. The first-order chi connectivity index (χ1) is 13.5. The molecule has 2 aromatic heterocycles. The summed E-state index contributed by atoms with van der Waals surface area (Å²) in [6.45, 7) is 3.93. The third kappa shape index (κ3) is 3.89. The van der Waals surface area contributed by atoms with Crippen LogP contribution in [0.15, 0.2) is 41.6 Å². The smallest absolute Gasteiger partial charge is 0.292 e. The zero-order chi connectivity index (χ0) is 19.7. The highest BCUT2D eigenvalue weighted by molar-refractivity contribution is 6.36. The Hall–Kier alpha value is -2.06. The Morgan fingerprint density at radius 2 is 1.86 bits per heavy atom. The first-order valence-corrected chi connectivity index (χ1v) is 9.85. The van der Waals surface area contributed by atoms with E-state index in [0.29, 0.717) is 21.4 Å². The molecule has 10 heteroatoms. The minimum atomic E-state index is -0.415. The van der Waals surface area contributed by atoms with Gasteiger partial charge in [0.1, 0.15) is 10.8 Å². The van der Waals surface area contributed by atoms with Crippen molar-refractivity contribution in [2.75, 3.05) is 31.1 Å². The van der Waals surface area contributed by atoms with Crippen LogP contribution in [0.2, 0.25) is 15.1 Å². The van der Waals surface area contributed by atoms with Gasteiger partial charge in [-0.2, -0.15) is 9.78 Å². The zero-order valence-corrected chi connectivity index (χ0v) is 17.0. The molecule has 0 spiro atoms. The van der Waals surface area contributed by atoms with E-state index >= 15 is 0 Å². The number of halogens is 3. The summed E-state index contributed by atoms with van der Waals surface area (Å²) in [6, 6.07) is 4.85.